The summed E-state index contributed by atoms with van der Waals surface area (Å²) in [4.78, 5) is 15.9. The Morgan fingerprint density at radius 3 is 2.37 bits per heavy atom. The predicted molar refractivity (Wildman–Crippen MR) is 168 cm³/mol. The summed E-state index contributed by atoms with van der Waals surface area (Å²) in [7, 11) is 0. The molecule has 4 aliphatic carbocycles. The van der Waals surface area contributed by atoms with Crippen LogP contribution in [0.5, 0.6) is 17.2 Å². The Morgan fingerprint density at radius 1 is 0.930 bits per heavy atom. The number of carboxylic acids is 1. The summed E-state index contributed by atoms with van der Waals surface area (Å²) in [6.07, 6.45) is 10.8. The van der Waals surface area contributed by atoms with Crippen LogP contribution in [0.3, 0.4) is 0 Å². The summed E-state index contributed by atoms with van der Waals surface area (Å²) in [5, 5.41) is 43.4. The van der Waals surface area contributed by atoms with Crippen LogP contribution >= 0.6 is 0 Å². The van der Waals surface area contributed by atoms with Gasteiger partial charge in [-0.2, -0.15) is 0 Å². The summed E-state index contributed by atoms with van der Waals surface area (Å²) in [6, 6.07) is 7.21. The quantitative estimate of drug-likeness (QED) is 0.153. The van der Waals surface area contributed by atoms with Gasteiger partial charge in [-0.3, -0.25) is 4.79 Å². The van der Waals surface area contributed by atoms with E-state index in [2.05, 4.69) is 38.8 Å². The van der Waals surface area contributed by atoms with Crippen molar-refractivity contribution < 1.29 is 25.2 Å². The molecular weight excluding hydrogens is 538 g/mol. The second-order valence-electron chi connectivity index (χ2n) is 15.7. The molecule has 0 aliphatic heterocycles. The average Bonchev–Trinajstić information content (AvgIpc) is 3.37. The molecule has 7 atom stereocenters. The third kappa shape index (κ3) is 3.49. The van der Waals surface area contributed by atoms with Crippen molar-refractivity contribution in [3.05, 3.63) is 64.4 Å². The van der Waals surface area contributed by atoms with E-state index in [1.54, 1.807) is 18.2 Å². The molecule has 1 heterocycles. The van der Waals surface area contributed by atoms with Gasteiger partial charge in [-0.05, 0) is 121 Å². The molecule has 3 saturated carbocycles. The van der Waals surface area contributed by atoms with E-state index < -0.39 is 11.4 Å². The maximum atomic E-state index is 12.5. The van der Waals surface area contributed by atoms with Crippen molar-refractivity contribution in [2.24, 2.45) is 27.6 Å². The predicted octanol–water partition coefficient (Wildman–Crippen LogP) is 8.42. The van der Waals surface area contributed by atoms with Gasteiger partial charge in [0.15, 0.2) is 11.5 Å². The lowest BCUT2D eigenvalue weighted by Crippen LogP contribution is -2.62. The largest absolute Gasteiger partial charge is 0.508 e. The third-order valence-electron chi connectivity index (χ3n) is 13.7. The fourth-order valence-electron chi connectivity index (χ4n) is 10.6. The number of hydrogen-bond donors (Lipinski definition) is 5. The van der Waals surface area contributed by atoms with Crippen molar-refractivity contribution in [2.75, 3.05) is 0 Å². The SMILES string of the molecule is Cc1c(O)c(O)cc2c1C(c1c[nH]c3cc(O)ccc13)C=C1[C@@]2(C)CC[C@@]2(C)[C@@H]3C[C@](C)(C(=O)O)CC[C@]3(C)CC[C@]12C. The van der Waals surface area contributed by atoms with Gasteiger partial charge in [0.1, 0.15) is 5.75 Å². The Kier molecular flexibility index (Phi) is 5.68. The topological polar surface area (TPSA) is 114 Å². The molecule has 7 rings (SSSR count). The molecule has 0 radical (unpaired) electrons. The van der Waals surface area contributed by atoms with E-state index >= 15 is 0 Å². The summed E-state index contributed by atoms with van der Waals surface area (Å²) >= 11 is 0. The Bertz CT molecular complexity index is 1740. The van der Waals surface area contributed by atoms with Gasteiger partial charge in [-0.15, -0.1) is 0 Å². The van der Waals surface area contributed by atoms with Crippen molar-refractivity contribution in [2.45, 2.75) is 97.8 Å². The number of aromatic amines is 1. The number of aromatic hydroxyl groups is 3. The summed E-state index contributed by atoms with van der Waals surface area (Å²) < 4.78 is 0. The lowest BCUT2D eigenvalue weighted by atomic mass is 9.34. The molecule has 43 heavy (non-hydrogen) atoms. The van der Waals surface area contributed by atoms with E-state index in [-0.39, 0.29) is 50.7 Å². The zero-order chi connectivity index (χ0) is 30.9. The van der Waals surface area contributed by atoms with Crippen molar-refractivity contribution in [3.63, 3.8) is 0 Å². The minimum absolute atomic E-state index is 0.0721. The number of benzene rings is 2. The number of hydrogen-bond acceptors (Lipinski definition) is 4. The number of aromatic nitrogens is 1. The molecule has 2 aromatic carbocycles. The molecule has 0 amide bonds. The maximum absolute atomic E-state index is 12.5. The van der Waals surface area contributed by atoms with Crippen LogP contribution in [0, 0.1) is 34.5 Å². The van der Waals surface area contributed by atoms with Gasteiger partial charge in [0.05, 0.1) is 5.41 Å². The fraction of sp³-hybridized carbons (Fsp3) is 0.541. The van der Waals surface area contributed by atoms with Gasteiger partial charge in [0.25, 0.3) is 0 Å². The van der Waals surface area contributed by atoms with Gasteiger partial charge in [-0.25, -0.2) is 0 Å². The van der Waals surface area contributed by atoms with Crippen LogP contribution in [0.4, 0.5) is 0 Å². The van der Waals surface area contributed by atoms with Crippen LogP contribution in [0.15, 0.2) is 42.1 Å². The standard InChI is InChI=1S/C37H45NO5/c1-20-30-23(24-19-38-26-15-21(39)7-8-22(24)26)16-28-35(4,25(30)17-27(40)31(20)41)12-14-37(6)29-18-34(3,32(42)43)10-9-33(29,2)11-13-36(28,37)5/h7-8,15-17,19,23,29,38-41H,9-14,18H2,1-6H3,(H,42,43)/t23?,29-,33-,34-,35+,36-,37+/m1/s1. The Balaban J connectivity index is 1.46. The maximum Gasteiger partial charge on any atom is 0.309 e. The number of phenols is 3. The second kappa shape index (κ2) is 8.61. The lowest BCUT2D eigenvalue weighted by molar-refractivity contribution is -0.177. The first-order valence-electron chi connectivity index (χ1n) is 15.9. The first-order valence-corrected chi connectivity index (χ1v) is 15.9. The first-order chi connectivity index (χ1) is 20.1. The minimum atomic E-state index is -0.710. The number of allylic oxidation sites excluding steroid dienone is 2. The highest BCUT2D eigenvalue weighted by Crippen LogP contribution is 2.75. The molecule has 0 saturated heterocycles. The third-order valence-corrected chi connectivity index (χ3v) is 13.7. The van der Waals surface area contributed by atoms with Crippen LogP contribution in [-0.4, -0.2) is 31.4 Å². The Hall–Kier alpha value is -3.41. The number of H-pyrrole nitrogens is 1. The summed E-state index contributed by atoms with van der Waals surface area (Å²) in [5.41, 5.74) is 4.93. The van der Waals surface area contributed by atoms with Gasteiger partial charge in [-0.1, -0.05) is 39.3 Å². The van der Waals surface area contributed by atoms with Crippen molar-refractivity contribution in [1.82, 2.24) is 4.98 Å². The lowest BCUT2D eigenvalue weighted by Gasteiger charge is -2.70. The number of aliphatic carboxylic acids is 1. The normalized spacial score (nSPS) is 38.4. The van der Waals surface area contributed by atoms with Crippen LogP contribution in [0.1, 0.15) is 108 Å². The van der Waals surface area contributed by atoms with Crippen LogP contribution in [-0.2, 0) is 10.2 Å². The van der Waals surface area contributed by atoms with E-state index in [4.69, 9.17) is 0 Å². The monoisotopic (exact) mass is 583 g/mol. The van der Waals surface area contributed by atoms with Gasteiger partial charge in [0, 0.05) is 34.5 Å². The van der Waals surface area contributed by atoms with Crippen molar-refractivity contribution >= 4 is 16.9 Å². The summed E-state index contributed by atoms with van der Waals surface area (Å²) in [5.74, 6) is -0.502. The average molecular weight is 584 g/mol. The highest BCUT2D eigenvalue weighted by atomic mass is 16.4. The van der Waals surface area contributed by atoms with E-state index in [0.29, 0.717) is 12.0 Å². The van der Waals surface area contributed by atoms with Crippen molar-refractivity contribution in [3.8, 4) is 17.2 Å². The van der Waals surface area contributed by atoms with Crippen LogP contribution in [0.2, 0.25) is 0 Å². The number of carboxylic acid groups (broad SMARTS) is 1. The zero-order valence-corrected chi connectivity index (χ0v) is 26.3. The molecule has 3 fully saturated rings. The molecule has 0 bridgehead atoms. The number of carbonyl (C=O) groups is 1. The summed E-state index contributed by atoms with van der Waals surface area (Å²) in [6.45, 7) is 13.5. The van der Waals surface area contributed by atoms with E-state index in [9.17, 15) is 25.2 Å². The highest BCUT2D eigenvalue weighted by Gasteiger charge is 2.67. The van der Waals surface area contributed by atoms with Gasteiger partial charge >= 0.3 is 5.97 Å². The zero-order valence-electron chi connectivity index (χ0n) is 26.3. The smallest absolute Gasteiger partial charge is 0.309 e. The van der Waals surface area contributed by atoms with E-state index in [0.717, 1.165) is 66.1 Å². The van der Waals surface area contributed by atoms with E-state index in [1.165, 1.54) is 5.57 Å². The second-order valence-corrected chi connectivity index (χ2v) is 15.7. The molecule has 1 unspecified atom stereocenters. The molecule has 0 spiro atoms. The molecular formula is C37H45NO5. The fourth-order valence-corrected chi connectivity index (χ4v) is 10.6. The number of phenolic OH excluding ortho intramolecular Hbond substituents is 3. The minimum Gasteiger partial charge on any atom is -0.508 e. The number of nitrogens with one attached hydrogen (secondary N) is 1. The number of fused-ring (bicyclic) bond motifs is 8. The highest BCUT2D eigenvalue weighted by molar-refractivity contribution is 5.86. The molecule has 1 aromatic heterocycles. The first kappa shape index (κ1) is 28.4. The number of rotatable bonds is 2. The molecule has 4 aliphatic rings. The molecule has 6 nitrogen and oxygen atoms in total. The Labute approximate surface area is 253 Å². The van der Waals surface area contributed by atoms with Crippen molar-refractivity contribution in [1.29, 1.82) is 0 Å². The molecule has 3 aromatic rings. The molecule has 228 valence electrons. The van der Waals surface area contributed by atoms with E-state index in [1.807, 2.05) is 26.1 Å². The molecule has 5 N–H and O–H groups in total. The van der Waals surface area contributed by atoms with Gasteiger partial charge in [0.2, 0.25) is 0 Å². The Morgan fingerprint density at radius 2 is 1.65 bits per heavy atom. The van der Waals surface area contributed by atoms with Crippen LogP contribution in [0.25, 0.3) is 10.9 Å². The molecule has 6 heteroatoms. The van der Waals surface area contributed by atoms with Gasteiger partial charge < -0.3 is 25.4 Å². The van der Waals surface area contributed by atoms with Crippen LogP contribution < -0.4 is 0 Å².